The van der Waals surface area contributed by atoms with Crippen molar-refractivity contribution in [3.05, 3.63) is 21.9 Å². The van der Waals surface area contributed by atoms with Crippen LogP contribution < -0.4 is 5.73 Å². The zero-order valence-corrected chi connectivity index (χ0v) is 10.8. The number of rotatable bonds is 3. The van der Waals surface area contributed by atoms with Gasteiger partial charge in [0, 0.05) is 23.6 Å². The lowest BCUT2D eigenvalue weighted by Crippen LogP contribution is -1.99. The van der Waals surface area contributed by atoms with E-state index in [1.807, 2.05) is 7.05 Å². The van der Waals surface area contributed by atoms with E-state index in [-0.39, 0.29) is 0 Å². The van der Waals surface area contributed by atoms with Crippen molar-refractivity contribution in [2.75, 3.05) is 5.73 Å². The summed E-state index contributed by atoms with van der Waals surface area (Å²) >= 11 is 1.71. The van der Waals surface area contributed by atoms with E-state index >= 15 is 0 Å². The predicted octanol–water partition coefficient (Wildman–Crippen LogP) is 2.99. The average Bonchev–Trinajstić information content (AvgIpc) is 2.77. The Morgan fingerprint density at radius 3 is 2.75 bits per heavy atom. The van der Waals surface area contributed by atoms with Gasteiger partial charge in [0.25, 0.3) is 0 Å². The number of anilines is 1. The molecule has 0 aliphatic carbocycles. The first-order chi connectivity index (χ1) is 7.65. The van der Waals surface area contributed by atoms with Gasteiger partial charge in [0.05, 0.1) is 5.69 Å². The van der Waals surface area contributed by atoms with Crippen molar-refractivity contribution in [1.29, 1.82) is 0 Å². The Balaban J connectivity index is 2.56. The molecule has 2 N–H and O–H groups in total. The van der Waals surface area contributed by atoms with Crippen molar-refractivity contribution >= 4 is 17.2 Å². The molecule has 2 aromatic heterocycles. The van der Waals surface area contributed by atoms with Crippen LogP contribution in [-0.4, -0.2) is 9.78 Å². The number of thiophene rings is 1. The molecule has 0 aliphatic rings. The number of aromatic nitrogens is 2. The SMILES string of the molecule is CCCc1c(-c2cscc2C)nn(C)c1N. The lowest BCUT2D eigenvalue weighted by molar-refractivity contribution is 0.781. The van der Waals surface area contributed by atoms with E-state index in [1.54, 1.807) is 16.0 Å². The standard InChI is InChI=1S/C12H17N3S/c1-4-5-9-11(14-15(3)12(9)13)10-7-16-6-8(10)2/h6-7H,4-5,13H2,1-3H3. The number of nitrogen functional groups attached to an aromatic ring is 1. The maximum absolute atomic E-state index is 6.05. The molecule has 2 aromatic rings. The van der Waals surface area contributed by atoms with Gasteiger partial charge in [-0.2, -0.15) is 16.4 Å². The summed E-state index contributed by atoms with van der Waals surface area (Å²) in [4.78, 5) is 0. The monoisotopic (exact) mass is 235 g/mol. The lowest BCUT2D eigenvalue weighted by Gasteiger charge is -2.01. The Bertz CT molecular complexity index is 496. The van der Waals surface area contributed by atoms with Gasteiger partial charge in [-0.15, -0.1) is 0 Å². The zero-order valence-electron chi connectivity index (χ0n) is 9.95. The Kier molecular flexibility index (Phi) is 3.01. The van der Waals surface area contributed by atoms with E-state index in [1.165, 1.54) is 16.7 Å². The van der Waals surface area contributed by atoms with Crippen LogP contribution in [0.3, 0.4) is 0 Å². The molecule has 0 aromatic carbocycles. The third-order valence-corrected chi connectivity index (χ3v) is 3.67. The maximum atomic E-state index is 6.05. The summed E-state index contributed by atoms with van der Waals surface area (Å²) in [7, 11) is 1.90. The van der Waals surface area contributed by atoms with Crippen LogP contribution in [0, 0.1) is 6.92 Å². The molecule has 0 amide bonds. The quantitative estimate of drug-likeness (QED) is 0.888. The first-order valence-corrected chi connectivity index (χ1v) is 6.44. The van der Waals surface area contributed by atoms with E-state index in [2.05, 4.69) is 29.7 Å². The molecule has 86 valence electrons. The summed E-state index contributed by atoms with van der Waals surface area (Å²) in [5.74, 6) is 0.794. The van der Waals surface area contributed by atoms with Crippen LogP contribution in [0.15, 0.2) is 10.8 Å². The van der Waals surface area contributed by atoms with Crippen molar-refractivity contribution in [2.45, 2.75) is 26.7 Å². The van der Waals surface area contributed by atoms with E-state index in [9.17, 15) is 0 Å². The number of nitrogens with zero attached hydrogens (tertiary/aromatic N) is 2. The maximum Gasteiger partial charge on any atom is 0.125 e. The number of hydrogen-bond donors (Lipinski definition) is 1. The van der Waals surface area contributed by atoms with Gasteiger partial charge in [-0.1, -0.05) is 13.3 Å². The molecule has 0 fully saturated rings. The minimum Gasteiger partial charge on any atom is -0.384 e. The van der Waals surface area contributed by atoms with Gasteiger partial charge in [0.1, 0.15) is 5.82 Å². The highest BCUT2D eigenvalue weighted by atomic mass is 32.1. The first kappa shape index (κ1) is 11.2. The topological polar surface area (TPSA) is 43.8 Å². The van der Waals surface area contributed by atoms with Gasteiger partial charge >= 0.3 is 0 Å². The van der Waals surface area contributed by atoms with Crippen LogP contribution in [0.2, 0.25) is 0 Å². The average molecular weight is 235 g/mol. The van der Waals surface area contributed by atoms with Gasteiger partial charge in [0.15, 0.2) is 0 Å². The van der Waals surface area contributed by atoms with Gasteiger partial charge < -0.3 is 5.73 Å². The van der Waals surface area contributed by atoms with Crippen molar-refractivity contribution in [2.24, 2.45) is 7.05 Å². The second-order valence-corrected chi connectivity index (χ2v) is 4.80. The highest BCUT2D eigenvalue weighted by Gasteiger charge is 2.16. The summed E-state index contributed by atoms with van der Waals surface area (Å²) in [6.07, 6.45) is 2.08. The predicted molar refractivity (Wildman–Crippen MR) is 69.7 cm³/mol. The van der Waals surface area contributed by atoms with Crippen molar-refractivity contribution in [3.8, 4) is 11.3 Å². The van der Waals surface area contributed by atoms with Crippen molar-refractivity contribution in [3.63, 3.8) is 0 Å². The van der Waals surface area contributed by atoms with E-state index < -0.39 is 0 Å². The molecule has 16 heavy (non-hydrogen) atoms. The van der Waals surface area contributed by atoms with E-state index in [0.29, 0.717) is 0 Å². The number of nitrogens with two attached hydrogens (primary N) is 1. The van der Waals surface area contributed by atoms with Crippen LogP contribution in [0.25, 0.3) is 11.3 Å². The molecule has 0 spiro atoms. The molecule has 3 nitrogen and oxygen atoms in total. The van der Waals surface area contributed by atoms with Crippen LogP contribution in [-0.2, 0) is 13.5 Å². The summed E-state index contributed by atoms with van der Waals surface area (Å²) in [6.45, 7) is 4.28. The molecule has 0 unspecified atom stereocenters. The van der Waals surface area contributed by atoms with Crippen LogP contribution in [0.5, 0.6) is 0 Å². The third kappa shape index (κ3) is 1.73. The second-order valence-electron chi connectivity index (χ2n) is 4.05. The van der Waals surface area contributed by atoms with Crippen molar-refractivity contribution < 1.29 is 0 Å². The van der Waals surface area contributed by atoms with E-state index in [0.717, 1.165) is 24.4 Å². The molecule has 0 saturated heterocycles. The first-order valence-electron chi connectivity index (χ1n) is 5.49. The highest BCUT2D eigenvalue weighted by Crippen LogP contribution is 2.32. The fourth-order valence-corrected chi connectivity index (χ4v) is 2.73. The van der Waals surface area contributed by atoms with Crippen LogP contribution >= 0.6 is 11.3 Å². The summed E-state index contributed by atoms with van der Waals surface area (Å²) in [5, 5.41) is 8.83. The Hall–Kier alpha value is -1.29. The number of hydrogen-bond acceptors (Lipinski definition) is 3. The molecular weight excluding hydrogens is 218 g/mol. The van der Waals surface area contributed by atoms with Crippen LogP contribution in [0.4, 0.5) is 5.82 Å². The molecule has 0 atom stereocenters. The molecule has 0 bridgehead atoms. The molecule has 2 rings (SSSR count). The Morgan fingerprint density at radius 2 is 2.19 bits per heavy atom. The number of aryl methyl sites for hydroxylation is 2. The smallest absolute Gasteiger partial charge is 0.125 e. The minimum absolute atomic E-state index is 0.794. The molecule has 0 radical (unpaired) electrons. The Labute approximate surface area is 99.9 Å². The molecule has 2 heterocycles. The normalized spacial score (nSPS) is 10.9. The highest BCUT2D eigenvalue weighted by molar-refractivity contribution is 7.08. The van der Waals surface area contributed by atoms with Gasteiger partial charge in [-0.05, 0) is 24.3 Å². The molecule has 0 saturated carbocycles. The largest absolute Gasteiger partial charge is 0.384 e. The van der Waals surface area contributed by atoms with Gasteiger partial charge in [0.2, 0.25) is 0 Å². The third-order valence-electron chi connectivity index (χ3n) is 2.80. The summed E-state index contributed by atoms with van der Waals surface area (Å²) < 4.78 is 1.78. The van der Waals surface area contributed by atoms with Crippen LogP contribution in [0.1, 0.15) is 24.5 Å². The molecule has 4 heteroatoms. The van der Waals surface area contributed by atoms with Crippen molar-refractivity contribution in [1.82, 2.24) is 9.78 Å². The Morgan fingerprint density at radius 1 is 1.44 bits per heavy atom. The minimum atomic E-state index is 0.794. The molecular formula is C12H17N3S. The fraction of sp³-hybridized carbons (Fsp3) is 0.417. The van der Waals surface area contributed by atoms with E-state index in [4.69, 9.17) is 5.73 Å². The lowest BCUT2D eigenvalue weighted by atomic mass is 10.0. The fourth-order valence-electron chi connectivity index (χ4n) is 1.90. The van der Waals surface area contributed by atoms with Gasteiger partial charge in [-0.3, -0.25) is 4.68 Å². The molecule has 0 aliphatic heterocycles. The van der Waals surface area contributed by atoms with Gasteiger partial charge in [-0.25, -0.2) is 0 Å². The summed E-state index contributed by atoms with van der Waals surface area (Å²) in [5.41, 5.74) is 10.8. The second kappa shape index (κ2) is 4.29. The zero-order chi connectivity index (χ0) is 11.7. The summed E-state index contributed by atoms with van der Waals surface area (Å²) in [6, 6.07) is 0.